The molecule has 29 heavy (non-hydrogen) atoms. The van der Waals surface area contributed by atoms with Crippen LogP contribution in [0.25, 0.3) is 22.0 Å². The molecule has 0 spiro atoms. The minimum Gasteiger partial charge on any atom is -0.292 e. The second-order valence-electron chi connectivity index (χ2n) is 6.72. The predicted molar refractivity (Wildman–Crippen MR) is 113 cm³/mol. The van der Waals surface area contributed by atoms with E-state index in [1.165, 1.54) is 22.8 Å². The molecule has 7 heteroatoms. The van der Waals surface area contributed by atoms with Crippen molar-refractivity contribution in [3.8, 4) is 11.1 Å². The molecule has 0 bridgehead atoms. The maximum absolute atomic E-state index is 12.9. The number of nitro groups is 1. The third kappa shape index (κ3) is 3.75. The molecule has 0 radical (unpaired) electrons. The third-order valence-corrected chi connectivity index (χ3v) is 5.03. The highest BCUT2D eigenvalue weighted by Crippen LogP contribution is 2.23. The van der Waals surface area contributed by atoms with Crippen molar-refractivity contribution in [3.05, 3.63) is 104 Å². The van der Waals surface area contributed by atoms with Gasteiger partial charge in [-0.2, -0.15) is 0 Å². The average molecular weight is 406 g/mol. The van der Waals surface area contributed by atoms with E-state index in [9.17, 15) is 14.9 Å². The Balaban J connectivity index is 1.70. The van der Waals surface area contributed by atoms with Gasteiger partial charge in [0, 0.05) is 17.2 Å². The lowest BCUT2D eigenvalue weighted by molar-refractivity contribution is -0.384. The summed E-state index contributed by atoms with van der Waals surface area (Å²) < 4.78 is 1.53. The molecule has 4 rings (SSSR count). The first-order chi connectivity index (χ1) is 13.9. The number of hydrogen-bond acceptors (Lipinski definition) is 4. The normalized spacial score (nSPS) is 11.0. The van der Waals surface area contributed by atoms with Crippen LogP contribution < -0.4 is 5.56 Å². The number of halogens is 1. The molecule has 0 aliphatic rings. The summed E-state index contributed by atoms with van der Waals surface area (Å²) in [6.07, 6.45) is 0. The van der Waals surface area contributed by atoms with Gasteiger partial charge in [-0.3, -0.25) is 19.5 Å². The van der Waals surface area contributed by atoms with Gasteiger partial charge >= 0.3 is 0 Å². The largest absolute Gasteiger partial charge is 0.292 e. The number of nitrogens with zero attached hydrogens (tertiary/aromatic N) is 3. The standard InChI is InChI=1S/C22H16ClN3O3/c1-14-24-21-10-9-19(26(28)29)12-20(21)22(27)25(14)13-15-5-7-16(8-6-15)17-3-2-4-18(23)11-17/h2-12H,13H2,1H3. The summed E-state index contributed by atoms with van der Waals surface area (Å²) in [5, 5.41) is 11.9. The van der Waals surface area contributed by atoms with Gasteiger partial charge in [-0.05, 0) is 41.8 Å². The SMILES string of the molecule is Cc1nc2ccc([N+](=O)[O-])cc2c(=O)n1Cc1ccc(-c2cccc(Cl)c2)cc1. The number of nitro benzene ring substituents is 1. The van der Waals surface area contributed by atoms with Gasteiger partial charge in [0.15, 0.2) is 0 Å². The smallest absolute Gasteiger partial charge is 0.270 e. The Kier molecular flexibility index (Phi) is 4.86. The van der Waals surface area contributed by atoms with Gasteiger partial charge in [-0.25, -0.2) is 4.98 Å². The van der Waals surface area contributed by atoms with Gasteiger partial charge in [0.05, 0.1) is 22.4 Å². The van der Waals surface area contributed by atoms with Gasteiger partial charge in [-0.15, -0.1) is 0 Å². The van der Waals surface area contributed by atoms with Crippen molar-refractivity contribution < 1.29 is 4.92 Å². The molecule has 4 aromatic rings. The van der Waals surface area contributed by atoms with Crippen molar-refractivity contribution in [1.29, 1.82) is 0 Å². The van der Waals surface area contributed by atoms with E-state index >= 15 is 0 Å². The Morgan fingerprint density at radius 2 is 1.79 bits per heavy atom. The topological polar surface area (TPSA) is 78.0 Å². The quantitative estimate of drug-likeness (QED) is 0.354. The number of hydrogen-bond donors (Lipinski definition) is 0. The molecule has 0 aliphatic heterocycles. The molecule has 0 atom stereocenters. The molecule has 0 aliphatic carbocycles. The number of aryl methyl sites for hydroxylation is 1. The van der Waals surface area contributed by atoms with Crippen LogP contribution in [0.3, 0.4) is 0 Å². The summed E-state index contributed by atoms with van der Waals surface area (Å²) >= 11 is 6.06. The Labute approximate surface area is 171 Å². The molecule has 0 saturated carbocycles. The summed E-state index contributed by atoms with van der Waals surface area (Å²) in [5.74, 6) is 0.551. The van der Waals surface area contributed by atoms with Crippen LogP contribution in [-0.2, 0) is 6.54 Å². The van der Waals surface area contributed by atoms with E-state index in [1.54, 1.807) is 6.92 Å². The fraction of sp³-hybridized carbons (Fsp3) is 0.0909. The summed E-state index contributed by atoms with van der Waals surface area (Å²) in [6, 6.07) is 19.6. The number of rotatable bonds is 4. The number of fused-ring (bicyclic) bond motifs is 1. The molecule has 0 amide bonds. The fourth-order valence-corrected chi connectivity index (χ4v) is 3.46. The van der Waals surface area contributed by atoms with Crippen LogP contribution in [0.2, 0.25) is 5.02 Å². The van der Waals surface area contributed by atoms with Crippen molar-refractivity contribution in [2.24, 2.45) is 0 Å². The molecule has 144 valence electrons. The minimum absolute atomic E-state index is 0.127. The van der Waals surface area contributed by atoms with Crippen molar-refractivity contribution in [3.63, 3.8) is 0 Å². The summed E-state index contributed by atoms with van der Waals surface area (Å²) in [5.41, 5.74) is 2.98. The molecule has 0 saturated heterocycles. The highest BCUT2D eigenvalue weighted by molar-refractivity contribution is 6.30. The first-order valence-electron chi connectivity index (χ1n) is 8.93. The van der Waals surface area contributed by atoms with E-state index in [4.69, 9.17) is 11.6 Å². The first kappa shape index (κ1) is 18.8. The molecule has 1 aromatic heterocycles. The lowest BCUT2D eigenvalue weighted by atomic mass is 10.0. The summed E-state index contributed by atoms with van der Waals surface area (Å²) in [4.78, 5) is 27.9. The Morgan fingerprint density at radius 1 is 1.03 bits per heavy atom. The first-order valence-corrected chi connectivity index (χ1v) is 9.30. The molecule has 6 nitrogen and oxygen atoms in total. The van der Waals surface area contributed by atoms with E-state index < -0.39 is 4.92 Å². The molecule has 1 heterocycles. The predicted octanol–water partition coefficient (Wildman–Crippen LogP) is 4.98. The van der Waals surface area contributed by atoms with Gasteiger partial charge in [0.25, 0.3) is 11.2 Å². The Hall–Kier alpha value is -3.51. The van der Waals surface area contributed by atoms with E-state index in [0.717, 1.165) is 16.7 Å². The van der Waals surface area contributed by atoms with E-state index in [1.807, 2.05) is 48.5 Å². The fourth-order valence-electron chi connectivity index (χ4n) is 3.27. The van der Waals surface area contributed by atoms with Crippen molar-refractivity contribution in [1.82, 2.24) is 9.55 Å². The zero-order chi connectivity index (χ0) is 20.5. The monoisotopic (exact) mass is 405 g/mol. The highest BCUT2D eigenvalue weighted by Gasteiger charge is 2.13. The van der Waals surface area contributed by atoms with Gasteiger partial charge in [0.2, 0.25) is 0 Å². The van der Waals surface area contributed by atoms with Crippen molar-refractivity contribution >= 4 is 28.2 Å². The molecule has 0 unspecified atom stereocenters. The molecular formula is C22H16ClN3O3. The zero-order valence-electron chi connectivity index (χ0n) is 15.5. The Morgan fingerprint density at radius 3 is 2.48 bits per heavy atom. The molecule has 0 fully saturated rings. The molecule has 3 aromatic carbocycles. The third-order valence-electron chi connectivity index (χ3n) is 4.79. The van der Waals surface area contributed by atoms with Crippen LogP contribution in [0.1, 0.15) is 11.4 Å². The maximum atomic E-state index is 12.9. The van der Waals surface area contributed by atoms with Crippen LogP contribution in [-0.4, -0.2) is 14.5 Å². The summed E-state index contributed by atoms with van der Waals surface area (Å²) in [6.45, 7) is 2.08. The number of non-ortho nitro benzene ring substituents is 1. The van der Waals surface area contributed by atoms with Gasteiger partial charge in [-0.1, -0.05) is 48.0 Å². The highest BCUT2D eigenvalue weighted by atomic mass is 35.5. The van der Waals surface area contributed by atoms with E-state index in [0.29, 0.717) is 22.9 Å². The van der Waals surface area contributed by atoms with Gasteiger partial charge in [0.1, 0.15) is 5.82 Å². The maximum Gasteiger partial charge on any atom is 0.270 e. The Bertz CT molecular complexity index is 1300. The van der Waals surface area contributed by atoms with Crippen LogP contribution >= 0.6 is 11.6 Å². The van der Waals surface area contributed by atoms with E-state index in [2.05, 4.69) is 4.98 Å². The molecular weight excluding hydrogens is 390 g/mol. The average Bonchev–Trinajstić information content (AvgIpc) is 2.71. The number of aromatic nitrogens is 2. The number of benzene rings is 3. The van der Waals surface area contributed by atoms with E-state index in [-0.39, 0.29) is 16.6 Å². The van der Waals surface area contributed by atoms with Crippen LogP contribution in [0.4, 0.5) is 5.69 Å². The van der Waals surface area contributed by atoms with Gasteiger partial charge < -0.3 is 0 Å². The second kappa shape index (κ2) is 7.48. The van der Waals surface area contributed by atoms with Crippen molar-refractivity contribution in [2.45, 2.75) is 13.5 Å². The van der Waals surface area contributed by atoms with Crippen LogP contribution in [0, 0.1) is 17.0 Å². The van der Waals surface area contributed by atoms with Crippen molar-refractivity contribution in [2.75, 3.05) is 0 Å². The van der Waals surface area contributed by atoms with Crippen LogP contribution in [0.15, 0.2) is 71.5 Å². The minimum atomic E-state index is -0.516. The lowest BCUT2D eigenvalue weighted by Gasteiger charge is -2.11. The van der Waals surface area contributed by atoms with Crippen LogP contribution in [0.5, 0.6) is 0 Å². The second-order valence-corrected chi connectivity index (χ2v) is 7.15. The molecule has 0 N–H and O–H groups in total. The summed E-state index contributed by atoms with van der Waals surface area (Å²) in [7, 11) is 0. The zero-order valence-corrected chi connectivity index (χ0v) is 16.3. The lowest BCUT2D eigenvalue weighted by Crippen LogP contribution is -2.24.